The highest BCUT2D eigenvalue weighted by Gasteiger charge is 1.99. The predicted octanol–water partition coefficient (Wildman–Crippen LogP) is 1.55. The van der Waals surface area contributed by atoms with E-state index in [2.05, 4.69) is 30.3 Å². The Morgan fingerprint density at radius 1 is 1.29 bits per heavy atom. The van der Waals surface area contributed by atoms with Gasteiger partial charge in [-0.1, -0.05) is 5.16 Å². The van der Waals surface area contributed by atoms with Crippen LogP contribution in [-0.2, 0) is 6.42 Å². The smallest absolute Gasteiger partial charge is 0.213 e. The molecule has 0 atom stereocenters. The van der Waals surface area contributed by atoms with Crippen LogP contribution < -0.4 is 10.6 Å². The molecule has 0 radical (unpaired) electrons. The quantitative estimate of drug-likeness (QED) is 0.788. The van der Waals surface area contributed by atoms with Crippen LogP contribution in [0.3, 0.4) is 0 Å². The fourth-order valence-electron chi connectivity index (χ4n) is 1.44. The van der Waals surface area contributed by atoms with E-state index in [-0.39, 0.29) is 0 Å². The fourth-order valence-corrected chi connectivity index (χ4v) is 1.44. The number of hydrogen-bond donors (Lipinski definition) is 2. The van der Waals surface area contributed by atoms with Crippen molar-refractivity contribution in [3.63, 3.8) is 0 Å². The lowest BCUT2D eigenvalue weighted by Gasteiger charge is -2.07. The van der Waals surface area contributed by atoms with Gasteiger partial charge in [0.05, 0.1) is 0 Å². The van der Waals surface area contributed by atoms with Crippen molar-refractivity contribution in [2.75, 3.05) is 23.7 Å². The lowest BCUT2D eigenvalue weighted by Crippen LogP contribution is -2.07. The van der Waals surface area contributed by atoms with Gasteiger partial charge in [0.25, 0.3) is 0 Å². The molecule has 2 aromatic rings. The summed E-state index contributed by atoms with van der Waals surface area (Å²) < 4.78 is 4.66. The first-order valence-electron chi connectivity index (χ1n) is 5.57. The number of hydrogen-bond acceptors (Lipinski definition) is 6. The topological polar surface area (TPSA) is 75.9 Å². The molecular weight excluding hydrogens is 218 g/mol. The third-order valence-electron chi connectivity index (χ3n) is 2.20. The van der Waals surface area contributed by atoms with E-state index in [0.29, 0.717) is 5.82 Å². The first kappa shape index (κ1) is 11.4. The van der Waals surface area contributed by atoms with E-state index >= 15 is 0 Å². The number of pyridine rings is 1. The number of anilines is 2. The van der Waals surface area contributed by atoms with E-state index < -0.39 is 0 Å². The minimum absolute atomic E-state index is 0.707. The summed E-state index contributed by atoms with van der Waals surface area (Å²) >= 11 is 0. The minimum Gasteiger partial charge on any atom is -0.384 e. The van der Waals surface area contributed by atoms with E-state index in [1.807, 2.05) is 19.1 Å². The standard InChI is InChI=1S/C11H15N5O/c1-2-12-11-7-9(3-5-14-11)13-6-4-10-15-8-17-16-10/h3,5,7-8H,2,4,6H2,1H3,(H2,12,13,14). The van der Waals surface area contributed by atoms with Crippen molar-refractivity contribution in [2.24, 2.45) is 0 Å². The molecule has 6 nitrogen and oxygen atoms in total. The molecule has 17 heavy (non-hydrogen) atoms. The maximum Gasteiger partial charge on any atom is 0.213 e. The molecular formula is C11H15N5O. The Morgan fingerprint density at radius 2 is 2.24 bits per heavy atom. The summed E-state index contributed by atoms with van der Waals surface area (Å²) in [6, 6.07) is 3.90. The molecule has 0 saturated carbocycles. The van der Waals surface area contributed by atoms with Crippen LogP contribution in [0.4, 0.5) is 11.5 Å². The molecule has 2 aromatic heterocycles. The summed E-state index contributed by atoms with van der Waals surface area (Å²) in [5, 5.41) is 10.2. The van der Waals surface area contributed by atoms with Crippen molar-refractivity contribution >= 4 is 11.5 Å². The zero-order valence-electron chi connectivity index (χ0n) is 9.68. The van der Waals surface area contributed by atoms with Crippen LogP contribution in [0.2, 0.25) is 0 Å². The van der Waals surface area contributed by atoms with E-state index in [9.17, 15) is 0 Å². The molecule has 0 saturated heterocycles. The lowest BCUT2D eigenvalue weighted by atomic mass is 10.3. The molecule has 0 bridgehead atoms. The van der Waals surface area contributed by atoms with Crippen LogP contribution in [0.25, 0.3) is 0 Å². The summed E-state index contributed by atoms with van der Waals surface area (Å²) in [5.74, 6) is 1.58. The van der Waals surface area contributed by atoms with Gasteiger partial charge in [0, 0.05) is 37.5 Å². The van der Waals surface area contributed by atoms with Crippen molar-refractivity contribution in [3.05, 3.63) is 30.5 Å². The molecule has 0 aliphatic rings. The summed E-state index contributed by atoms with van der Waals surface area (Å²) in [7, 11) is 0. The second-order valence-corrected chi connectivity index (χ2v) is 3.48. The van der Waals surface area contributed by atoms with E-state index in [4.69, 9.17) is 0 Å². The molecule has 2 rings (SSSR count). The van der Waals surface area contributed by atoms with Gasteiger partial charge in [-0.05, 0) is 13.0 Å². The molecule has 2 heterocycles. The molecule has 0 unspecified atom stereocenters. The highest BCUT2D eigenvalue weighted by atomic mass is 16.5. The predicted molar refractivity (Wildman–Crippen MR) is 64.9 cm³/mol. The Labute approximate surface area is 99.5 Å². The Balaban J connectivity index is 1.84. The first-order chi connectivity index (χ1) is 8.38. The Bertz CT molecular complexity index is 443. The first-order valence-corrected chi connectivity index (χ1v) is 5.57. The van der Waals surface area contributed by atoms with Gasteiger partial charge in [0.2, 0.25) is 6.39 Å². The largest absolute Gasteiger partial charge is 0.384 e. The van der Waals surface area contributed by atoms with Gasteiger partial charge < -0.3 is 15.2 Å². The van der Waals surface area contributed by atoms with Crippen molar-refractivity contribution in [1.29, 1.82) is 0 Å². The Kier molecular flexibility index (Phi) is 3.90. The number of nitrogens with zero attached hydrogens (tertiary/aromatic N) is 3. The second kappa shape index (κ2) is 5.83. The molecule has 6 heteroatoms. The summed E-state index contributed by atoms with van der Waals surface area (Å²) in [6.07, 6.45) is 3.84. The van der Waals surface area contributed by atoms with Crippen LogP contribution in [-0.4, -0.2) is 28.2 Å². The van der Waals surface area contributed by atoms with Gasteiger partial charge >= 0.3 is 0 Å². The van der Waals surface area contributed by atoms with Gasteiger partial charge in [-0.25, -0.2) is 4.98 Å². The maximum atomic E-state index is 4.66. The molecule has 0 amide bonds. The maximum absolute atomic E-state index is 4.66. The van der Waals surface area contributed by atoms with E-state index in [1.54, 1.807) is 6.20 Å². The minimum atomic E-state index is 0.707. The number of nitrogens with one attached hydrogen (secondary N) is 2. The van der Waals surface area contributed by atoms with Gasteiger partial charge in [-0.3, -0.25) is 0 Å². The Hall–Kier alpha value is -2.11. The molecule has 2 N–H and O–H groups in total. The summed E-state index contributed by atoms with van der Waals surface area (Å²) in [4.78, 5) is 8.15. The molecule has 0 aliphatic carbocycles. The second-order valence-electron chi connectivity index (χ2n) is 3.48. The monoisotopic (exact) mass is 233 g/mol. The zero-order chi connectivity index (χ0) is 11.9. The van der Waals surface area contributed by atoms with Crippen molar-refractivity contribution in [1.82, 2.24) is 15.1 Å². The highest BCUT2D eigenvalue weighted by molar-refractivity contribution is 5.51. The van der Waals surface area contributed by atoms with Crippen molar-refractivity contribution < 1.29 is 4.52 Å². The van der Waals surface area contributed by atoms with Gasteiger partial charge in [-0.2, -0.15) is 4.98 Å². The normalized spacial score (nSPS) is 10.2. The average Bonchev–Trinajstić information content (AvgIpc) is 2.83. The molecule has 0 aromatic carbocycles. The SMILES string of the molecule is CCNc1cc(NCCc2ncon2)ccn1. The van der Waals surface area contributed by atoms with Crippen LogP contribution in [0.1, 0.15) is 12.7 Å². The number of aromatic nitrogens is 3. The van der Waals surface area contributed by atoms with Gasteiger partial charge in [0.1, 0.15) is 5.82 Å². The molecule has 0 aliphatic heterocycles. The summed E-state index contributed by atoms with van der Waals surface area (Å²) in [6.45, 7) is 3.66. The van der Waals surface area contributed by atoms with E-state index in [0.717, 1.165) is 31.0 Å². The molecule has 0 spiro atoms. The zero-order valence-corrected chi connectivity index (χ0v) is 9.68. The molecule has 90 valence electrons. The van der Waals surface area contributed by atoms with Crippen molar-refractivity contribution in [2.45, 2.75) is 13.3 Å². The van der Waals surface area contributed by atoms with Crippen LogP contribution >= 0.6 is 0 Å². The van der Waals surface area contributed by atoms with Crippen LogP contribution in [0, 0.1) is 0 Å². The number of rotatable bonds is 6. The van der Waals surface area contributed by atoms with Crippen LogP contribution in [0.5, 0.6) is 0 Å². The third-order valence-corrected chi connectivity index (χ3v) is 2.20. The fraction of sp³-hybridized carbons (Fsp3) is 0.364. The average molecular weight is 233 g/mol. The Morgan fingerprint density at radius 3 is 3.00 bits per heavy atom. The van der Waals surface area contributed by atoms with E-state index in [1.165, 1.54) is 6.39 Å². The molecule has 0 fully saturated rings. The lowest BCUT2D eigenvalue weighted by molar-refractivity contribution is 0.410. The highest BCUT2D eigenvalue weighted by Crippen LogP contribution is 2.11. The van der Waals surface area contributed by atoms with Gasteiger partial charge in [-0.15, -0.1) is 0 Å². The van der Waals surface area contributed by atoms with Crippen molar-refractivity contribution in [3.8, 4) is 0 Å². The third kappa shape index (κ3) is 3.44. The van der Waals surface area contributed by atoms with Gasteiger partial charge in [0.15, 0.2) is 5.82 Å². The van der Waals surface area contributed by atoms with Crippen LogP contribution in [0.15, 0.2) is 29.2 Å². The summed E-state index contributed by atoms with van der Waals surface area (Å²) in [5.41, 5.74) is 1.03.